The number of aliphatic carboxylic acids is 1. The number of nitrogens with zero attached hydrogens (tertiary/aromatic N) is 1. The Bertz CT molecular complexity index is 341. The second-order valence-corrected chi connectivity index (χ2v) is 3.82. The third kappa shape index (κ3) is 2.75. The van der Waals surface area contributed by atoms with Crippen LogP contribution in [-0.4, -0.2) is 24.2 Å². The van der Waals surface area contributed by atoms with Gasteiger partial charge in [-0.1, -0.05) is 12.1 Å². The van der Waals surface area contributed by atoms with Gasteiger partial charge in [0, 0.05) is 18.8 Å². The largest absolute Gasteiger partial charge is 0.481 e. The first kappa shape index (κ1) is 12.6. The molecule has 0 aliphatic heterocycles. The maximum absolute atomic E-state index is 10.8. The van der Waals surface area contributed by atoms with Gasteiger partial charge in [-0.25, -0.2) is 0 Å². The SMILES string of the molecule is CCN(CC)c1ccc(C(C)C(=O)O)cc1. The second kappa shape index (κ2) is 5.54. The molecule has 0 saturated carbocycles. The van der Waals surface area contributed by atoms with E-state index in [2.05, 4.69) is 18.7 Å². The molecule has 0 aliphatic carbocycles. The quantitative estimate of drug-likeness (QED) is 0.831. The van der Waals surface area contributed by atoms with Crippen LogP contribution >= 0.6 is 0 Å². The number of carboxylic acid groups (broad SMARTS) is 1. The van der Waals surface area contributed by atoms with Gasteiger partial charge in [0.25, 0.3) is 0 Å². The van der Waals surface area contributed by atoms with E-state index in [4.69, 9.17) is 5.11 Å². The van der Waals surface area contributed by atoms with Crippen LogP contribution in [-0.2, 0) is 4.79 Å². The maximum atomic E-state index is 10.8. The molecule has 0 radical (unpaired) electrons. The molecule has 1 N–H and O–H groups in total. The predicted molar refractivity (Wildman–Crippen MR) is 66.1 cm³/mol. The van der Waals surface area contributed by atoms with Crippen molar-refractivity contribution in [1.29, 1.82) is 0 Å². The summed E-state index contributed by atoms with van der Waals surface area (Å²) >= 11 is 0. The third-order valence-corrected chi connectivity index (χ3v) is 2.89. The van der Waals surface area contributed by atoms with Crippen LogP contribution in [0.15, 0.2) is 24.3 Å². The lowest BCUT2D eigenvalue weighted by molar-refractivity contribution is -0.138. The summed E-state index contributed by atoms with van der Waals surface area (Å²) in [6, 6.07) is 7.77. The number of hydrogen-bond acceptors (Lipinski definition) is 2. The van der Waals surface area contributed by atoms with Crippen LogP contribution in [0.3, 0.4) is 0 Å². The highest BCUT2D eigenvalue weighted by Gasteiger charge is 2.13. The number of hydrogen-bond donors (Lipinski definition) is 1. The van der Waals surface area contributed by atoms with E-state index in [0.717, 1.165) is 24.3 Å². The van der Waals surface area contributed by atoms with Crippen LogP contribution in [0.25, 0.3) is 0 Å². The molecule has 0 heterocycles. The maximum Gasteiger partial charge on any atom is 0.310 e. The smallest absolute Gasteiger partial charge is 0.310 e. The molecule has 3 heteroatoms. The minimum atomic E-state index is -0.782. The van der Waals surface area contributed by atoms with Crippen molar-refractivity contribution in [3.8, 4) is 0 Å². The third-order valence-electron chi connectivity index (χ3n) is 2.89. The van der Waals surface area contributed by atoms with E-state index in [9.17, 15) is 4.79 Å². The van der Waals surface area contributed by atoms with Crippen LogP contribution in [0.4, 0.5) is 5.69 Å². The molecule has 1 aromatic carbocycles. The van der Waals surface area contributed by atoms with Gasteiger partial charge in [-0.2, -0.15) is 0 Å². The van der Waals surface area contributed by atoms with E-state index in [-0.39, 0.29) is 0 Å². The van der Waals surface area contributed by atoms with Gasteiger partial charge in [-0.15, -0.1) is 0 Å². The van der Waals surface area contributed by atoms with Gasteiger partial charge in [-0.05, 0) is 38.5 Å². The Labute approximate surface area is 96.7 Å². The van der Waals surface area contributed by atoms with Crippen molar-refractivity contribution in [3.63, 3.8) is 0 Å². The molecule has 1 unspecified atom stereocenters. The molecule has 3 nitrogen and oxygen atoms in total. The molecular weight excluding hydrogens is 202 g/mol. The molecule has 0 bridgehead atoms. The predicted octanol–water partition coefficient (Wildman–Crippen LogP) is 2.72. The average Bonchev–Trinajstić information content (AvgIpc) is 2.30. The fraction of sp³-hybridized carbons (Fsp3) is 0.462. The number of benzene rings is 1. The first-order valence-corrected chi connectivity index (χ1v) is 5.67. The van der Waals surface area contributed by atoms with Crippen molar-refractivity contribution in [2.45, 2.75) is 26.7 Å². The molecule has 0 aromatic heterocycles. The Hall–Kier alpha value is -1.51. The lowest BCUT2D eigenvalue weighted by Crippen LogP contribution is -2.21. The molecule has 0 spiro atoms. The monoisotopic (exact) mass is 221 g/mol. The zero-order chi connectivity index (χ0) is 12.1. The summed E-state index contributed by atoms with van der Waals surface area (Å²) in [6.45, 7) is 7.85. The Kier molecular flexibility index (Phi) is 4.35. The van der Waals surface area contributed by atoms with Crippen LogP contribution in [0.1, 0.15) is 32.3 Å². The fourth-order valence-corrected chi connectivity index (χ4v) is 1.71. The molecule has 1 atom stereocenters. The van der Waals surface area contributed by atoms with Gasteiger partial charge < -0.3 is 10.0 Å². The van der Waals surface area contributed by atoms with Gasteiger partial charge >= 0.3 is 5.97 Å². The summed E-state index contributed by atoms with van der Waals surface area (Å²) in [7, 11) is 0. The number of anilines is 1. The van der Waals surface area contributed by atoms with E-state index in [1.54, 1.807) is 6.92 Å². The standard InChI is InChI=1S/C13H19NO2/c1-4-14(5-2)12-8-6-11(7-9-12)10(3)13(15)16/h6-10H,4-5H2,1-3H3,(H,15,16). The summed E-state index contributed by atoms with van der Waals surface area (Å²) in [5, 5.41) is 8.90. The topological polar surface area (TPSA) is 40.5 Å². The van der Waals surface area contributed by atoms with E-state index >= 15 is 0 Å². The summed E-state index contributed by atoms with van der Waals surface area (Å²) < 4.78 is 0. The lowest BCUT2D eigenvalue weighted by atomic mass is 10.0. The van der Waals surface area contributed by atoms with Gasteiger partial charge in [0.05, 0.1) is 5.92 Å². The van der Waals surface area contributed by atoms with E-state index < -0.39 is 11.9 Å². The van der Waals surface area contributed by atoms with Crippen LogP contribution < -0.4 is 4.90 Å². The minimum absolute atomic E-state index is 0.439. The molecule has 1 aromatic rings. The van der Waals surface area contributed by atoms with Crippen molar-refractivity contribution >= 4 is 11.7 Å². The van der Waals surface area contributed by atoms with Gasteiger partial charge in [0.1, 0.15) is 0 Å². The number of carbonyl (C=O) groups is 1. The minimum Gasteiger partial charge on any atom is -0.481 e. The van der Waals surface area contributed by atoms with Crippen LogP contribution in [0, 0.1) is 0 Å². The van der Waals surface area contributed by atoms with Gasteiger partial charge in [0.2, 0.25) is 0 Å². The first-order chi connectivity index (χ1) is 7.60. The van der Waals surface area contributed by atoms with Crippen molar-refractivity contribution in [2.24, 2.45) is 0 Å². The van der Waals surface area contributed by atoms with Crippen LogP contribution in [0.5, 0.6) is 0 Å². The van der Waals surface area contributed by atoms with Crippen molar-refractivity contribution in [1.82, 2.24) is 0 Å². The van der Waals surface area contributed by atoms with Crippen LogP contribution in [0.2, 0.25) is 0 Å². The first-order valence-electron chi connectivity index (χ1n) is 5.67. The van der Waals surface area contributed by atoms with E-state index in [1.165, 1.54) is 0 Å². The number of carboxylic acids is 1. The molecule has 16 heavy (non-hydrogen) atoms. The highest BCUT2D eigenvalue weighted by Crippen LogP contribution is 2.20. The Balaban J connectivity index is 2.86. The molecule has 0 fully saturated rings. The molecule has 0 saturated heterocycles. The summed E-state index contributed by atoms with van der Waals surface area (Å²) in [6.07, 6.45) is 0. The van der Waals surface area contributed by atoms with Gasteiger partial charge in [-0.3, -0.25) is 4.79 Å². The molecule has 1 rings (SSSR count). The molecule has 0 amide bonds. The Morgan fingerprint density at radius 3 is 2.12 bits per heavy atom. The average molecular weight is 221 g/mol. The summed E-state index contributed by atoms with van der Waals surface area (Å²) in [5.41, 5.74) is 2.00. The summed E-state index contributed by atoms with van der Waals surface area (Å²) in [5.74, 6) is -1.22. The van der Waals surface area contributed by atoms with E-state index in [0.29, 0.717) is 0 Å². The lowest BCUT2D eigenvalue weighted by Gasteiger charge is -2.21. The summed E-state index contributed by atoms with van der Waals surface area (Å²) in [4.78, 5) is 13.1. The molecule has 0 aliphatic rings. The van der Waals surface area contributed by atoms with Gasteiger partial charge in [0.15, 0.2) is 0 Å². The zero-order valence-electron chi connectivity index (χ0n) is 10.1. The molecule has 88 valence electrons. The van der Waals surface area contributed by atoms with E-state index in [1.807, 2.05) is 24.3 Å². The zero-order valence-corrected chi connectivity index (χ0v) is 10.1. The second-order valence-electron chi connectivity index (χ2n) is 3.82. The van der Waals surface area contributed by atoms with Crippen molar-refractivity contribution in [3.05, 3.63) is 29.8 Å². The highest BCUT2D eigenvalue weighted by atomic mass is 16.4. The van der Waals surface area contributed by atoms with Crippen molar-refractivity contribution in [2.75, 3.05) is 18.0 Å². The molecular formula is C13H19NO2. The van der Waals surface area contributed by atoms with Crippen molar-refractivity contribution < 1.29 is 9.90 Å². The highest BCUT2D eigenvalue weighted by molar-refractivity contribution is 5.75. The Morgan fingerprint density at radius 2 is 1.75 bits per heavy atom. The number of rotatable bonds is 5. The fourth-order valence-electron chi connectivity index (χ4n) is 1.71. The Morgan fingerprint density at radius 1 is 1.25 bits per heavy atom. The normalized spacial score (nSPS) is 12.2.